The molecule has 2 heterocycles. The maximum Gasteiger partial charge on any atom is 0.254 e. The van der Waals surface area contributed by atoms with Crippen LogP contribution in [0.1, 0.15) is 47.2 Å². The average molecular weight is 440 g/mol. The SMILES string of the molecule is Cc1ccc(-c2ccc(C(=O)N3[C@@H]4CC[C@H]3CC(N)C4)cc2-c2ccc(C#N)c(F)c2)cc1. The molecule has 3 aromatic carbocycles. The Morgan fingerprint density at radius 3 is 2.27 bits per heavy atom. The summed E-state index contributed by atoms with van der Waals surface area (Å²) in [5.41, 5.74) is 11.3. The zero-order valence-corrected chi connectivity index (χ0v) is 18.6. The first-order valence-corrected chi connectivity index (χ1v) is 11.4. The van der Waals surface area contributed by atoms with Gasteiger partial charge in [-0.15, -0.1) is 0 Å². The van der Waals surface area contributed by atoms with E-state index in [2.05, 4.69) is 0 Å². The zero-order valence-electron chi connectivity index (χ0n) is 18.6. The van der Waals surface area contributed by atoms with Gasteiger partial charge in [-0.25, -0.2) is 4.39 Å². The van der Waals surface area contributed by atoms with Crippen LogP contribution in [0, 0.1) is 24.1 Å². The number of rotatable bonds is 3. The molecule has 2 aliphatic heterocycles. The number of hydrogen-bond donors (Lipinski definition) is 1. The lowest BCUT2D eigenvalue weighted by Crippen LogP contribution is -2.50. The quantitative estimate of drug-likeness (QED) is 0.591. The number of aryl methyl sites for hydroxylation is 1. The predicted octanol–water partition coefficient (Wildman–Crippen LogP) is 5.43. The first-order valence-electron chi connectivity index (χ1n) is 11.4. The van der Waals surface area contributed by atoms with E-state index in [-0.39, 0.29) is 29.6 Å². The molecule has 4 nitrogen and oxygen atoms in total. The van der Waals surface area contributed by atoms with Crippen LogP contribution in [0.4, 0.5) is 4.39 Å². The molecule has 5 rings (SSSR count). The van der Waals surface area contributed by atoms with Gasteiger partial charge in [0.25, 0.3) is 5.91 Å². The van der Waals surface area contributed by atoms with Crippen LogP contribution in [-0.4, -0.2) is 28.9 Å². The van der Waals surface area contributed by atoms with Gasteiger partial charge < -0.3 is 10.6 Å². The normalized spacial score (nSPS) is 21.6. The van der Waals surface area contributed by atoms with Crippen molar-refractivity contribution in [2.75, 3.05) is 0 Å². The third-order valence-electron chi connectivity index (χ3n) is 7.03. The largest absolute Gasteiger partial charge is 0.333 e. The van der Waals surface area contributed by atoms with Crippen LogP contribution < -0.4 is 5.73 Å². The van der Waals surface area contributed by atoms with Crippen molar-refractivity contribution in [3.8, 4) is 28.3 Å². The maximum atomic E-state index is 14.5. The van der Waals surface area contributed by atoms with Gasteiger partial charge in [-0.2, -0.15) is 5.26 Å². The average Bonchev–Trinajstić information content (AvgIpc) is 3.09. The van der Waals surface area contributed by atoms with Gasteiger partial charge in [0, 0.05) is 23.7 Å². The topological polar surface area (TPSA) is 70.1 Å². The second kappa shape index (κ2) is 8.46. The van der Waals surface area contributed by atoms with Gasteiger partial charge in [-0.1, -0.05) is 42.0 Å². The van der Waals surface area contributed by atoms with Gasteiger partial charge in [-0.05, 0) is 79.1 Å². The molecular formula is C28H26FN3O. The first kappa shape index (κ1) is 21.4. The van der Waals surface area contributed by atoms with E-state index < -0.39 is 5.82 Å². The smallest absolute Gasteiger partial charge is 0.254 e. The number of hydrogen-bond acceptors (Lipinski definition) is 3. The number of nitriles is 1. The number of nitrogens with zero attached hydrogens (tertiary/aromatic N) is 2. The van der Waals surface area contributed by atoms with Gasteiger partial charge >= 0.3 is 0 Å². The predicted molar refractivity (Wildman–Crippen MR) is 127 cm³/mol. The summed E-state index contributed by atoms with van der Waals surface area (Å²) in [6.07, 6.45) is 3.69. The van der Waals surface area contributed by atoms with E-state index >= 15 is 0 Å². The molecule has 2 saturated heterocycles. The minimum absolute atomic E-state index is 0.00379. The van der Waals surface area contributed by atoms with Crippen molar-refractivity contribution in [1.29, 1.82) is 5.26 Å². The lowest BCUT2D eigenvalue weighted by molar-refractivity contribution is 0.0575. The Bertz CT molecular complexity index is 1250. The van der Waals surface area contributed by atoms with Crippen LogP contribution in [0.15, 0.2) is 60.7 Å². The summed E-state index contributed by atoms with van der Waals surface area (Å²) in [6.45, 7) is 2.03. The summed E-state index contributed by atoms with van der Waals surface area (Å²) in [4.78, 5) is 15.6. The summed E-state index contributed by atoms with van der Waals surface area (Å²) in [5.74, 6) is -0.551. The molecule has 0 spiro atoms. The molecule has 5 heteroatoms. The number of fused-ring (bicyclic) bond motifs is 2. The van der Waals surface area contributed by atoms with Gasteiger partial charge in [0.2, 0.25) is 0 Å². The Kier molecular flexibility index (Phi) is 5.47. The number of piperidine rings is 1. The fraction of sp³-hybridized carbons (Fsp3) is 0.286. The van der Waals surface area contributed by atoms with E-state index in [1.165, 1.54) is 12.1 Å². The number of carbonyl (C=O) groups excluding carboxylic acids is 1. The molecule has 0 saturated carbocycles. The van der Waals surface area contributed by atoms with Crippen LogP contribution in [0.5, 0.6) is 0 Å². The fourth-order valence-electron chi connectivity index (χ4n) is 5.37. The number of halogens is 1. The highest BCUT2D eigenvalue weighted by Gasteiger charge is 2.42. The lowest BCUT2D eigenvalue weighted by atomic mass is 9.91. The summed E-state index contributed by atoms with van der Waals surface area (Å²) in [6, 6.07) is 20.8. The summed E-state index contributed by atoms with van der Waals surface area (Å²) >= 11 is 0. The monoisotopic (exact) mass is 439 g/mol. The van der Waals surface area contributed by atoms with Crippen molar-refractivity contribution >= 4 is 5.91 Å². The third kappa shape index (κ3) is 3.92. The summed E-state index contributed by atoms with van der Waals surface area (Å²) < 4.78 is 14.5. The van der Waals surface area contributed by atoms with E-state index in [9.17, 15) is 9.18 Å². The minimum Gasteiger partial charge on any atom is -0.333 e. The number of carbonyl (C=O) groups is 1. The van der Waals surface area contributed by atoms with Crippen molar-refractivity contribution in [1.82, 2.24) is 4.90 Å². The second-order valence-corrected chi connectivity index (χ2v) is 9.26. The Hall–Kier alpha value is -3.49. The highest BCUT2D eigenvalue weighted by molar-refractivity contribution is 5.98. The van der Waals surface area contributed by atoms with Crippen LogP contribution >= 0.6 is 0 Å². The number of nitrogens with two attached hydrogens (primary N) is 1. The molecule has 33 heavy (non-hydrogen) atoms. The molecule has 2 bridgehead atoms. The Morgan fingerprint density at radius 2 is 1.64 bits per heavy atom. The van der Waals surface area contributed by atoms with Crippen molar-refractivity contribution < 1.29 is 9.18 Å². The summed E-state index contributed by atoms with van der Waals surface area (Å²) in [7, 11) is 0. The van der Waals surface area contributed by atoms with Crippen molar-refractivity contribution in [2.45, 2.75) is 50.7 Å². The van der Waals surface area contributed by atoms with E-state index in [4.69, 9.17) is 11.0 Å². The highest BCUT2D eigenvalue weighted by atomic mass is 19.1. The molecule has 2 N–H and O–H groups in total. The highest BCUT2D eigenvalue weighted by Crippen LogP contribution is 2.38. The molecule has 166 valence electrons. The molecule has 3 aromatic rings. The molecule has 0 aromatic heterocycles. The second-order valence-electron chi connectivity index (χ2n) is 9.26. The first-order chi connectivity index (χ1) is 15.9. The van der Waals surface area contributed by atoms with Crippen LogP contribution in [-0.2, 0) is 0 Å². The molecule has 3 atom stereocenters. The Morgan fingerprint density at radius 1 is 0.970 bits per heavy atom. The minimum atomic E-state index is -0.565. The van der Waals surface area contributed by atoms with Crippen molar-refractivity contribution in [3.05, 3.63) is 83.2 Å². The third-order valence-corrected chi connectivity index (χ3v) is 7.03. The van der Waals surface area contributed by atoms with E-state index in [0.29, 0.717) is 11.1 Å². The van der Waals surface area contributed by atoms with E-state index in [1.807, 2.05) is 60.4 Å². The summed E-state index contributed by atoms with van der Waals surface area (Å²) in [5, 5.41) is 9.12. The van der Waals surface area contributed by atoms with Crippen molar-refractivity contribution in [2.24, 2.45) is 5.73 Å². The van der Waals surface area contributed by atoms with Gasteiger partial charge in [0.1, 0.15) is 11.9 Å². The molecule has 2 aliphatic rings. The van der Waals surface area contributed by atoms with Gasteiger partial charge in [-0.3, -0.25) is 4.79 Å². The molecule has 1 unspecified atom stereocenters. The zero-order chi connectivity index (χ0) is 23.1. The standard InChI is InChI=1S/C28H26FN3O/c1-17-2-4-18(5-3-17)25-11-8-20(12-26(25)19-6-7-21(16-30)27(29)13-19)28(33)32-23-9-10-24(32)15-22(31)14-23/h2-8,11-13,22-24H,9-10,14-15,31H2,1H3/t22?,23-,24+. The molecule has 0 aliphatic carbocycles. The molecule has 0 radical (unpaired) electrons. The van der Waals surface area contributed by atoms with Crippen LogP contribution in [0.2, 0.25) is 0 Å². The van der Waals surface area contributed by atoms with E-state index in [0.717, 1.165) is 47.9 Å². The van der Waals surface area contributed by atoms with Crippen LogP contribution in [0.25, 0.3) is 22.3 Å². The van der Waals surface area contributed by atoms with Gasteiger partial charge in [0.15, 0.2) is 0 Å². The Balaban J connectivity index is 1.60. The molecule has 1 amide bonds. The Labute approximate surface area is 193 Å². The van der Waals surface area contributed by atoms with Crippen molar-refractivity contribution in [3.63, 3.8) is 0 Å². The molecule has 2 fully saturated rings. The lowest BCUT2D eigenvalue weighted by Gasteiger charge is -2.38. The van der Waals surface area contributed by atoms with Crippen LogP contribution in [0.3, 0.4) is 0 Å². The number of benzene rings is 3. The number of amides is 1. The maximum absolute atomic E-state index is 14.5. The van der Waals surface area contributed by atoms with Gasteiger partial charge in [0.05, 0.1) is 5.56 Å². The van der Waals surface area contributed by atoms with E-state index in [1.54, 1.807) is 6.07 Å². The fourth-order valence-corrected chi connectivity index (χ4v) is 5.37. The molecular weight excluding hydrogens is 413 g/mol.